The average molecular weight is 417 g/mol. The number of hydrogen-bond donors (Lipinski definition) is 0. The summed E-state index contributed by atoms with van der Waals surface area (Å²) in [6.45, 7) is 6.44. The SMILES string of the molecule is CC[C@@H](Oc1cc(C)cc(C)c1)C(=O)N1CCc2cc(S(=O)(=O)N(C)C)ccc21. The van der Waals surface area contributed by atoms with Gasteiger partial charge in [-0.2, -0.15) is 0 Å². The minimum absolute atomic E-state index is 0.103. The van der Waals surface area contributed by atoms with Crippen molar-refractivity contribution in [3.05, 3.63) is 53.1 Å². The van der Waals surface area contributed by atoms with E-state index in [0.29, 0.717) is 25.1 Å². The molecule has 0 aliphatic carbocycles. The number of carbonyl (C=O) groups excluding carboxylic acids is 1. The van der Waals surface area contributed by atoms with E-state index in [1.165, 1.54) is 18.4 Å². The number of amides is 1. The first-order valence-corrected chi connectivity index (χ1v) is 11.2. The lowest BCUT2D eigenvalue weighted by Crippen LogP contribution is -2.41. The van der Waals surface area contributed by atoms with Gasteiger partial charge in [0.25, 0.3) is 5.91 Å². The molecule has 0 bridgehead atoms. The summed E-state index contributed by atoms with van der Waals surface area (Å²) in [5, 5.41) is 0. The van der Waals surface area contributed by atoms with Gasteiger partial charge in [-0.3, -0.25) is 4.79 Å². The third-order valence-corrected chi connectivity index (χ3v) is 6.92. The van der Waals surface area contributed by atoms with Crippen molar-refractivity contribution in [3.63, 3.8) is 0 Å². The molecule has 0 N–H and O–H groups in total. The van der Waals surface area contributed by atoms with Crippen LogP contribution in [-0.2, 0) is 21.2 Å². The van der Waals surface area contributed by atoms with Crippen LogP contribution in [0.25, 0.3) is 0 Å². The molecule has 29 heavy (non-hydrogen) atoms. The number of carbonyl (C=O) groups is 1. The maximum Gasteiger partial charge on any atom is 0.268 e. The molecule has 0 saturated carbocycles. The van der Waals surface area contributed by atoms with Crippen molar-refractivity contribution in [2.75, 3.05) is 25.5 Å². The summed E-state index contributed by atoms with van der Waals surface area (Å²) in [5.41, 5.74) is 3.80. The second kappa shape index (κ2) is 8.16. The van der Waals surface area contributed by atoms with E-state index in [9.17, 15) is 13.2 Å². The van der Waals surface area contributed by atoms with E-state index >= 15 is 0 Å². The first kappa shape index (κ1) is 21.3. The Balaban J connectivity index is 1.84. The van der Waals surface area contributed by atoms with Crippen LogP contribution in [0.1, 0.15) is 30.0 Å². The van der Waals surface area contributed by atoms with Crippen LogP contribution in [0.3, 0.4) is 0 Å². The Morgan fingerprint density at radius 2 is 1.79 bits per heavy atom. The Bertz CT molecular complexity index is 1010. The molecule has 0 fully saturated rings. The topological polar surface area (TPSA) is 66.9 Å². The number of rotatable bonds is 6. The van der Waals surface area contributed by atoms with Crippen LogP contribution in [-0.4, -0.2) is 45.4 Å². The average Bonchev–Trinajstić information content (AvgIpc) is 3.07. The van der Waals surface area contributed by atoms with Crippen LogP contribution in [0, 0.1) is 13.8 Å². The van der Waals surface area contributed by atoms with Crippen LogP contribution in [0.2, 0.25) is 0 Å². The predicted octanol–water partition coefficient (Wildman–Crippen LogP) is 3.30. The van der Waals surface area contributed by atoms with E-state index in [0.717, 1.165) is 22.4 Å². The quantitative estimate of drug-likeness (QED) is 0.725. The summed E-state index contributed by atoms with van der Waals surface area (Å²) in [7, 11) is -0.484. The zero-order chi connectivity index (χ0) is 21.3. The normalized spacial score (nSPS) is 14.8. The Hall–Kier alpha value is -2.38. The molecule has 0 aromatic heterocycles. The number of nitrogens with zero attached hydrogens (tertiary/aromatic N) is 2. The van der Waals surface area contributed by atoms with Gasteiger partial charge in [0, 0.05) is 26.3 Å². The number of ether oxygens (including phenoxy) is 1. The van der Waals surface area contributed by atoms with Crippen LogP contribution < -0.4 is 9.64 Å². The number of sulfonamides is 1. The molecule has 6 nitrogen and oxygen atoms in total. The largest absolute Gasteiger partial charge is 0.481 e. The molecule has 1 amide bonds. The minimum atomic E-state index is -3.50. The van der Waals surface area contributed by atoms with Crippen LogP contribution >= 0.6 is 0 Å². The van der Waals surface area contributed by atoms with Crippen LogP contribution in [0.15, 0.2) is 41.3 Å². The van der Waals surface area contributed by atoms with Crippen molar-refractivity contribution in [2.45, 2.75) is 44.6 Å². The molecular formula is C22H28N2O4S. The number of hydrogen-bond acceptors (Lipinski definition) is 4. The van der Waals surface area contributed by atoms with Gasteiger partial charge < -0.3 is 9.64 Å². The van der Waals surface area contributed by atoms with E-state index in [1.807, 2.05) is 32.9 Å². The Labute approximate surface area is 173 Å². The lowest BCUT2D eigenvalue weighted by molar-refractivity contribution is -0.125. The highest BCUT2D eigenvalue weighted by molar-refractivity contribution is 7.89. The standard InChI is InChI=1S/C22H28N2O4S/c1-6-21(28-18-12-15(2)11-16(3)13-18)22(25)24-10-9-17-14-19(7-8-20(17)24)29(26,27)23(4)5/h7-8,11-14,21H,6,9-10H2,1-5H3/t21-/m1/s1. The van der Waals surface area contributed by atoms with Gasteiger partial charge in [0.2, 0.25) is 10.0 Å². The number of aryl methyl sites for hydroxylation is 2. The van der Waals surface area contributed by atoms with Crippen LogP contribution in [0.5, 0.6) is 5.75 Å². The zero-order valence-electron chi connectivity index (χ0n) is 17.6. The fourth-order valence-electron chi connectivity index (χ4n) is 3.63. The van der Waals surface area contributed by atoms with Gasteiger partial charge in [0.15, 0.2) is 6.10 Å². The van der Waals surface area contributed by atoms with Gasteiger partial charge in [-0.05, 0) is 73.7 Å². The Morgan fingerprint density at radius 1 is 1.14 bits per heavy atom. The lowest BCUT2D eigenvalue weighted by atomic mass is 10.1. The molecule has 0 saturated heterocycles. The second-order valence-corrected chi connectivity index (χ2v) is 9.81. The van der Waals surface area contributed by atoms with Crippen molar-refractivity contribution < 1.29 is 17.9 Å². The van der Waals surface area contributed by atoms with Crippen molar-refractivity contribution in [1.82, 2.24) is 4.31 Å². The van der Waals surface area contributed by atoms with Crippen LogP contribution in [0.4, 0.5) is 5.69 Å². The van der Waals surface area contributed by atoms with Gasteiger partial charge in [-0.1, -0.05) is 13.0 Å². The molecule has 1 aliphatic rings. The molecule has 2 aromatic carbocycles. The highest BCUT2D eigenvalue weighted by atomic mass is 32.2. The fraction of sp³-hybridized carbons (Fsp3) is 0.409. The van der Waals surface area contributed by atoms with Crippen molar-refractivity contribution in [2.24, 2.45) is 0 Å². The number of fused-ring (bicyclic) bond motifs is 1. The van der Waals surface area contributed by atoms with Gasteiger partial charge in [-0.25, -0.2) is 12.7 Å². The minimum Gasteiger partial charge on any atom is -0.481 e. The van der Waals surface area contributed by atoms with E-state index < -0.39 is 16.1 Å². The molecule has 156 valence electrons. The van der Waals surface area contributed by atoms with Crippen molar-refractivity contribution in [3.8, 4) is 5.75 Å². The Morgan fingerprint density at radius 3 is 2.38 bits per heavy atom. The molecule has 1 aliphatic heterocycles. The third-order valence-electron chi connectivity index (χ3n) is 5.11. The highest BCUT2D eigenvalue weighted by Gasteiger charge is 2.32. The molecule has 1 heterocycles. The lowest BCUT2D eigenvalue weighted by Gasteiger charge is -2.24. The summed E-state index contributed by atoms with van der Waals surface area (Å²) in [4.78, 5) is 15.1. The molecule has 2 aromatic rings. The predicted molar refractivity (Wildman–Crippen MR) is 114 cm³/mol. The highest BCUT2D eigenvalue weighted by Crippen LogP contribution is 2.32. The fourth-order valence-corrected chi connectivity index (χ4v) is 4.58. The maximum atomic E-state index is 13.2. The summed E-state index contributed by atoms with van der Waals surface area (Å²) in [6, 6.07) is 10.9. The smallest absolute Gasteiger partial charge is 0.268 e. The molecule has 3 rings (SSSR count). The maximum absolute atomic E-state index is 13.2. The monoisotopic (exact) mass is 416 g/mol. The van der Waals surface area contributed by atoms with Gasteiger partial charge in [-0.15, -0.1) is 0 Å². The molecule has 7 heteroatoms. The molecular weight excluding hydrogens is 388 g/mol. The molecule has 0 unspecified atom stereocenters. The van der Waals surface area contributed by atoms with Crippen molar-refractivity contribution in [1.29, 1.82) is 0 Å². The summed E-state index contributed by atoms with van der Waals surface area (Å²) < 4.78 is 32.0. The van der Waals surface area contributed by atoms with E-state index in [-0.39, 0.29) is 10.8 Å². The van der Waals surface area contributed by atoms with Gasteiger partial charge in [0.05, 0.1) is 4.90 Å². The number of anilines is 1. The van der Waals surface area contributed by atoms with Crippen molar-refractivity contribution >= 4 is 21.6 Å². The molecule has 0 radical (unpaired) electrons. The molecule has 0 spiro atoms. The van der Waals surface area contributed by atoms with Gasteiger partial charge in [0.1, 0.15) is 5.75 Å². The van der Waals surface area contributed by atoms with Gasteiger partial charge >= 0.3 is 0 Å². The Kier molecular flexibility index (Phi) is 6.00. The summed E-state index contributed by atoms with van der Waals surface area (Å²) in [6.07, 6.45) is 0.579. The zero-order valence-corrected chi connectivity index (χ0v) is 18.4. The van der Waals surface area contributed by atoms with E-state index in [2.05, 4.69) is 6.07 Å². The second-order valence-electron chi connectivity index (χ2n) is 7.66. The third kappa shape index (κ3) is 4.31. The molecule has 1 atom stereocenters. The van der Waals surface area contributed by atoms with E-state index in [1.54, 1.807) is 23.1 Å². The number of benzene rings is 2. The first-order chi connectivity index (χ1) is 13.6. The first-order valence-electron chi connectivity index (χ1n) is 9.75. The summed E-state index contributed by atoms with van der Waals surface area (Å²) >= 11 is 0. The van der Waals surface area contributed by atoms with E-state index in [4.69, 9.17) is 4.74 Å². The summed E-state index contributed by atoms with van der Waals surface area (Å²) in [5.74, 6) is 0.586.